The molecule has 1 saturated heterocycles. The molecular formula is C53H50FN5O7S. The van der Waals surface area contributed by atoms with Crippen LogP contribution in [-0.2, 0) is 33.8 Å². The number of amides is 2. The number of phenols is 1. The average Bonchev–Trinajstić information content (AvgIpc) is 4.05. The van der Waals surface area contributed by atoms with Gasteiger partial charge >= 0.3 is 0 Å². The number of carbonyl (C=O) groups excluding carboxylic acids is 3. The highest BCUT2D eigenvalue weighted by Gasteiger charge is 2.44. The number of nitrogens with one attached hydrogen (secondary N) is 1. The summed E-state index contributed by atoms with van der Waals surface area (Å²) in [6.07, 6.45) is 1.80. The molecule has 5 aromatic carbocycles. The van der Waals surface area contributed by atoms with E-state index in [2.05, 4.69) is 11.4 Å². The quantitative estimate of drug-likeness (QED) is 0.0856. The maximum atomic E-state index is 14.1. The van der Waals surface area contributed by atoms with Gasteiger partial charge in [0.25, 0.3) is 0 Å². The van der Waals surface area contributed by atoms with Crippen LogP contribution in [0.4, 0.5) is 4.39 Å². The molecule has 342 valence electrons. The van der Waals surface area contributed by atoms with Gasteiger partial charge in [-0.05, 0) is 101 Å². The Bertz CT molecular complexity index is 2920. The first-order valence-electron chi connectivity index (χ1n) is 22.1. The molecule has 8 rings (SSSR count). The van der Waals surface area contributed by atoms with Gasteiger partial charge in [0.15, 0.2) is 11.5 Å². The van der Waals surface area contributed by atoms with Gasteiger partial charge in [0.1, 0.15) is 35.7 Å². The van der Waals surface area contributed by atoms with Gasteiger partial charge in [-0.15, -0.1) is 11.3 Å². The van der Waals surface area contributed by atoms with Crippen LogP contribution in [0.5, 0.6) is 23.0 Å². The van der Waals surface area contributed by atoms with Crippen molar-refractivity contribution in [2.24, 2.45) is 5.41 Å². The van der Waals surface area contributed by atoms with Gasteiger partial charge in [-0.3, -0.25) is 19.1 Å². The molecule has 67 heavy (non-hydrogen) atoms. The summed E-state index contributed by atoms with van der Waals surface area (Å²) in [5.41, 5.74) is 3.91. The number of aromatic nitrogens is 2. The zero-order chi connectivity index (χ0) is 47.2. The lowest BCUT2D eigenvalue weighted by Gasteiger charge is -2.35. The molecule has 14 heteroatoms. The predicted molar refractivity (Wildman–Crippen MR) is 254 cm³/mol. The Hall–Kier alpha value is -7.34. The summed E-state index contributed by atoms with van der Waals surface area (Å²) in [5.74, 6) is 0.776. The van der Waals surface area contributed by atoms with Crippen LogP contribution in [0.25, 0.3) is 31.8 Å². The number of fused-ring (bicyclic) bond motifs is 1. The molecule has 7 aromatic rings. The van der Waals surface area contributed by atoms with Gasteiger partial charge in [-0.1, -0.05) is 69.3 Å². The molecule has 0 bridgehead atoms. The highest BCUT2D eigenvalue weighted by molar-refractivity contribution is 7.22. The number of benzene rings is 5. The molecular weight excluding hydrogens is 870 g/mol. The van der Waals surface area contributed by atoms with Crippen LogP contribution in [0.2, 0.25) is 0 Å². The van der Waals surface area contributed by atoms with E-state index in [1.165, 1.54) is 28.4 Å². The van der Waals surface area contributed by atoms with Gasteiger partial charge < -0.3 is 29.9 Å². The van der Waals surface area contributed by atoms with Gasteiger partial charge in [0, 0.05) is 41.2 Å². The van der Waals surface area contributed by atoms with E-state index in [0.29, 0.717) is 42.4 Å². The van der Waals surface area contributed by atoms with E-state index < -0.39 is 29.5 Å². The Balaban J connectivity index is 0.827. The van der Waals surface area contributed by atoms with Crippen LogP contribution in [0.15, 0.2) is 128 Å². The number of carbonyl (C=O) groups is 3. The van der Waals surface area contributed by atoms with Crippen molar-refractivity contribution in [1.82, 2.24) is 20.0 Å². The molecule has 3 N–H and O–H groups in total. The van der Waals surface area contributed by atoms with Crippen molar-refractivity contribution < 1.29 is 38.5 Å². The lowest BCUT2D eigenvalue weighted by Crippen LogP contribution is -2.57. The second-order valence-corrected chi connectivity index (χ2v) is 18.8. The summed E-state index contributed by atoms with van der Waals surface area (Å²) in [6, 6.07) is 35.4. The van der Waals surface area contributed by atoms with Gasteiger partial charge in [-0.25, -0.2) is 4.39 Å². The molecule has 0 unspecified atom stereocenters. The predicted octanol–water partition coefficient (Wildman–Crippen LogP) is 9.26. The molecule has 2 amide bonds. The SMILES string of the molecule is CC(C)(C)[C@H](NC(=O)Cc1ccc(-c2ccn(CCOc3ccc(Oc4c(-c5ccc(F)cc5)sc5cc(O)ccc45)cc3)n2)cc1)C(=O)N1C[C@H](O)C[C@H]1C(=O)CCc1ccc(C#N)cc1. The first-order chi connectivity index (χ1) is 32.2. The summed E-state index contributed by atoms with van der Waals surface area (Å²) in [5, 5.41) is 38.2. The molecule has 3 atom stereocenters. The second-order valence-electron chi connectivity index (χ2n) is 17.7. The normalized spacial score (nSPS) is 15.3. The van der Waals surface area contributed by atoms with E-state index in [4.69, 9.17) is 19.8 Å². The number of hydrogen-bond acceptors (Lipinski definition) is 10. The maximum absolute atomic E-state index is 14.1. The minimum atomic E-state index is -0.932. The fraction of sp³-hybridized carbons (Fsp3) is 0.264. The minimum absolute atomic E-state index is 0.00919. The molecule has 1 aliphatic rings. The number of rotatable bonds is 16. The number of likely N-dealkylation sites (tertiary alicyclic amines) is 1. The molecule has 0 radical (unpaired) electrons. The number of phenolic OH excluding ortho intramolecular Hbond substituents is 1. The lowest BCUT2D eigenvalue weighted by atomic mass is 9.85. The molecule has 2 aromatic heterocycles. The topological polar surface area (TPSA) is 167 Å². The van der Waals surface area contributed by atoms with Crippen LogP contribution in [0, 0.1) is 22.6 Å². The van der Waals surface area contributed by atoms with E-state index in [9.17, 15) is 29.0 Å². The number of hydrogen-bond donors (Lipinski definition) is 3. The maximum Gasteiger partial charge on any atom is 0.246 e. The second kappa shape index (κ2) is 20.0. The number of halogens is 1. The Morgan fingerprint density at radius 1 is 0.910 bits per heavy atom. The van der Waals surface area contributed by atoms with E-state index in [1.54, 1.807) is 41.1 Å². The number of ketones is 1. The Morgan fingerprint density at radius 2 is 1.60 bits per heavy atom. The van der Waals surface area contributed by atoms with Crippen molar-refractivity contribution >= 4 is 39.0 Å². The number of aliphatic hydroxyl groups is 1. The smallest absolute Gasteiger partial charge is 0.246 e. The number of thiophene rings is 1. The highest BCUT2D eigenvalue weighted by atomic mass is 32.1. The van der Waals surface area contributed by atoms with Crippen LogP contribution < -0.4 is 14.8 Å². The average molecular weight is 920 g/mol. The standard InChI is InChI=1S/C53H50FN5O7S/c1-53(2,3)51(52(64)59-32-40(61)29-45(59)46(62)23-10-33-4-6-35(31-55)7-5-33)56-48(63)28-34-8-11-36(12-9-34)44-24-25-58(57-44)26-27-65-41-18-20-42(21-19-41)66-49-43-22-17-39(60)30-47(43)67-50(49)37-13-15-38(54)16-14-37/h4-9,11-22,24-25,30,40,45,51,60-61H,10,23,26-29,32H2,1-3H3,(H,56,63)/t40-,45+,51-/m1/s1. The molecule has 0 spiro atoms. The van der Waals surface area contributed by atoms with Crippen LogP contribution >= 0.6 is 11.3 Å². The van der Waals surface area contributed by atoms with Gasteiger partial charge in [-0.2, -0.15) is 10.4 Å². The molecule has 0 saturated carbocycles. The van der Waals surface area contributed by atoms with Crippen molar-refractivity contribution in [2.45, 2.75) is 71.2 Å². The largest absolute Gasteiger partial charge is 0.508 e. The van der Waals surface area contributed by atoms with E-state index in [-0.39, 0.29) is 49.1 Å². The Morgan fingerprint density at radius 3 is 2.30 bits per heavy atom. The number of β-amino-alcohol motifs (C(OH)–C–C–N with tert-alkyl or cyclic N) is 1. The van der Waals surface area contributed by atoms with Crippen molar-refractivity contribution in [2.75, 3.05) is 13.2 Å². The van der Waals surface area contributed by atoms with Crippen molar-refractivity contribution in [3.63, 3.8) is 0 Å². The zero-order valence-electron chi connectivity index (χ0n) is 37.3. The number of nitrogens with zero attached hydrogens (tertiary/aromatic N) is 4. The monoisotopic (exact) mass is 919 g/mol. The van der Waals surface area contributed by atoms with Crippen LogP contribution in [0.1, 0.15) is 50.3 Å². The highest BCUT2D eigenvalue weighted by Crippen LogP contribution is 2.47. The number of ether oxygens (including phenoxy) is 2. The first kappa shape index (κ1) is 46.2. The van der Waals surface area contributed by atoms with Crippen molar-refractivity contribution in [1.29, 1.82) is 5.26 Å². The first-order valence-corrected chi connectivity index (χ1v) is 22.9. The summed E-state index contributed by atoms with van der Waals surface area (Å²) in [6.45, 7) is 6.42. The summed E-state index contributed by atoms with van der Waals surface area (Å²) < 4.78 is 28.8. The van der Waals surface area contributed by atoms with Crippen molar-refractivity contribution in [3.05, 3.63) is 150 Å². The number of aliphatic hydroxyl groups excluding tert-OH is 1. The third-order valence-corrected chi connectivity index (χ3v) is 12.9. The number of aryl methyl sites for hydroxylation is 1. The molecule has 1 aliphatic heterocycles. The van der Waals surface area contributed by atoms with E-state index in [0.717, 1.165) is 42.9 Å². The zero-order valence-corrected chi connectivity index (χ0v) is 38.1. The number of Topliss-reactive ketones (excluding diaryl/α,β-unsaturated/α-hetero) is 1. The summed E-state index contributed by atoms with van der Waals surface area (Å²) >= 11 is 1.46. The van der Waals surface area contributed by atoms with Crippen LogP contribution in [0.3, 0.4) is 0 Å². The molecule has 3 heterocycles. The van der Waals surface area contributed by atoms with Gasteiger partial charge in [0.2, 0.25) is 11.8 Å². The fourth-order valence-corrected chi connectivity index (χ4v) is 9.29. The fourth-order valence-electron chi connectivity index (χ4n) is 8.12. The summed E-state index contributed by atoms with van der Waals surface area (Å²) in [4.78, 5) is 43.2. The molecule has 0 aliphatic carbocycles. The van der Waals surface area contributed by atoms with Gasteiger partial charge in [0.05, 0.1) is 47.3 Å². The number of aromatic hydroxyl groups is 1. The molecule has 1 fully saturated rings. The van der Waals surface area contributed by atoms with E-state index >= 15 is 0 Å². The number of nitriles is 1. The Labute approximate surface area is 391 Å². The lowest BCUT2D eigenvalue weighted by molar-refractivity contribution is -0.143. The third kappa shape index (κ3) is 11.2. The minimum Gasteiger partial charge on any atom is -0.508 e. The Kier molecular flexibility index (Phi) is 13.8. The van der Waals surface area contributed by atoms with Crippen molar-refractivity contribution in [3.8, 4) is 50.8 Å². The molecule has 12 nitrogen and oxygen atoms in total. The van der Waals surface area contributed by atoms with Crippen LogP contribution in [-0.4, -0.2) is 73.8 Å². The summed E-state index contributed by atoms with van der Waals surface area (Å²) in [7, 11) is 0. The third-order valence-electron chi connectivity index (χ3n) is 11.7. The van der Waals surface area contributed by atoms with E-state index in [1.807, 2.05) is 99.8 Å².